The minimum Gasteiger partial charge on any atom is -0.376 e. The first-order valence-corrected chi connectivity index (χ1v) is 4.81. The van der Waals surface area contributed by atoms with Gasteiger partial charge in [-0.3, -0.25) is 0 Å². The second kappa shape index (κ2) is 3.10. The molecule has 2 N–H and O–H groups in total. The summed E-state index contributed by atoms with van der Waals surface area (Å²) in [5, 5.41) is 0. The maximum absolute atomic E-state index is 11.2. The summed E-state index contributed by atoms with van der Waals surface area (Å²) < 4.78 is 11.1. The molecule has 14 heavy (non-hydrogen) atoms. The predicted molar refractivity (Wildman–Crippen MR) is 49.8 cm³/mol. The third-order valence-corrected chi connectivity index (χ3v) is 2.70. The Morgan fingerprint density at radius 1 is 1.50 bits per heavy atom. The zero-order valence-corrected chi connectivity index (χ0v) is 8.53. The van der Waals surface area contributed by atoms with Crippen LogP contribution in [0.25, 0.3) is 0 Å². The minimum absolute atomic E-state index is 0.000486. The molecule has 0 aliphatic carbocycles. The molecule has 2 amide bonds. The van der Waals surface area contributed by atoms with Gasteiger partial charge in [-0.15, -0.1) is 0 Å². The molecule has 2 saturated heterocycles. The molecule has 2 atom stereocenters. The molecule has 0 spiro atoms. The van der Waals surface area contributed by atoms with Crippen molar-refractivity contribution in [2.45, 2.75) is 31.6 Å². The quantitative estimate of drug-likeness (QED) is 0.596. The van der Waals surface area contributed by atoms with Crippen molar-refractivity contribution in [1.29, 1.82) is 0 Å². The van der Waals surface area contributed by atoms with E-state index in [9.17, 15) is 4.79 Å². The van der Waals surface area contributed by atoms with E-state index >= 15 is 0 Å². The third kappa shape index (κ3) is 1.57. The molecule has 0 bridgehead atoms. The zero-order valence-electron chi connectivity index (χ0n) is 8.53. The van der Waals surface area contributed by atoms with Gasteiger partial charge in [-0.05, 0) is 13.8 Å². The van der Waals surface area contributed by atoms with Gasteiger partial charge in [0.05, 0.1) is 31.4 Å². The van der Waals surface area contributed by atoms with Crippen LogP contribution in [0, 0.1) is 0 Å². The SMILES string of the molecule is CC1(C)CN(C(N)=O)[C@@H]2COC[C@H]2O1. The van der Waals surface area contributed by atoms with E-state index in [2.05, 4.69) is 0 Å². The van der Waals surface area contributed by atoms with E-state index < -0.39 is 0 Å². The van der Waals surface area contributed by atoms with Crippen molar-refractivity contribution in [3.63, 3.8) is 0 Å². The number of fused-ring (bicyclic) bond motifs is 1. The average Bonchev–Trinajstić information content (AvgIpc) is 2.47. The second-order valence-corrected chi connectivity index (χ2v) is 4.49. The molecular weight excluding hydrogens is 184 g/mol. The van der Waals surface area contributed by atoms with Gasteiger partial charge in [0.25, 0.3) is 0 Å². The Balaban J connectivity index is 2.18. The number of urea groups is 1. The predicted octanol–water partition coefficient (Wildman–Crippen LogP) is -0.0567. The number of hydrogen-bond acceptors (Lipinski definition) is 3. The van der Waals surface area contributed by atoms with Crippen LogP contribution in [0.5, 0.6) is 0 Å². The molecule has 5 nitrogen and oxygen atoms in total. The van der Waals surface area contributed by atoms with Crippen LogP contribution < -0.4 is 5.73 Å². The molecular formula is C9H16N2O3. The van der Waals surface area contributed by atoms with Crippen LogP contribution in [-0.2, 0) is 9.47 Å². The molecule has 0 saturated carbocycles. The summed E-state index contributed by atoms with van der Waals surface area (Å²) in [6.07, 6.45) is -0.0220. The Morgan fingerprint density at radius 3 is 2.86 bits per heavy atom. The smallest absolute Gasteiger partial charge is 0.315 e. The van der Waals surface area contributed by atoms with Crippen LogP contribution in [0.4, 0.5) is 4.79 Å². The van der Waals surface area contributed by atoms with Gasteiger partial charge in [-0.1, -0.05) is 0 Å². The van der Waals surface area contributed by atoms with Crippen LogP contribution in [0.15, 0.2) is 0 Å². The van der Waals surface area contributed by atoms with Crippen molar-refractivity contribution in [3.05, 3.63) is 0 Å². The number of carbonyl (C=O) groups excluding carboxylic acids is 1. The number of nitrogens with zero attached hydrogens (tertiary/aromatic N) is 1. The first-order chi connectivity index (χ1) is 6.49. The van der Waals surface area contributed by atoms with E-state index in [-0.39, 0.29) is 23.8 Å². The first kappa shape index (κ1) is 9.73. The third-order valence-electron chi connectivity index (χ3n) is 2.70. The fraction of sp³-hybridized carbons (Fsp3) is 0.889. The fourth-order valence-electron chi connectivity index (χ4n) is 2.14. The lowest BCUT2D eigenvalue weighted by molar-refractivity contribution is -0.135. The number of hydrogen-bond donors (Lipinski definition) is 1. The molecule has 0 aromatic carbocycles. The van der Waals surface area contributed by atoms with Crippen LogP contribution in [0.2, 0.25) is 0 Å². The Hall–Kier alpha value is -0.810. The van der Waals surface area contributed by atoms with Crippen molar-refractivity contribution in [2.24, 2.45) is 5.73 Å². The van der Waals surface area contributed by atoms with Gasteiger partial charge >= 0.3 is 6.03 Å². The van der Waals surface area contributed by atoms with E-state index in [4.69, 9.17) is 15.2 Å². The highest BCUT2D eigenvalue weighted by molar-refractivity contribution is 5.72. The van der Waals surface area contributed by atoms with Gasteiger partial charge in [0.2, 0.25) is 0 Å². The summed E-state index contributed by atoms with van der Waals surface area (Å²) in [5.74, 6) is 0. The monoisotopic (exact) mass is 200 g/mol. The maximum Gasteiger partial charge on any atom is 0.315 e. The molecule has 0 unspecified atom stereocenters. The molecule has 2 heterocycles. The lowest BCUT2D eigenvalue weighted by Gasteiger charge is -2.44. The number of primary amides is 1. The highest BCUT2D eigenvalue weighted by Crippen LogP contribution is 2.29. The van der Waals surface area contributed by atoms with Crippen LogP contribution in [0.3, 0.4) is 0 Å². The normalized spacial score (nSPS) is 35.4. The van der Waals surface area contributed by atoms with E-state index in [0.717, 1.165) is 0 Å². The summed E-state index contributed by atoms with van der Waals surface area (Å²) in [4.78, 5) is 12.9. The van der Waals surface area contributed by atoms with Crippen molar-refractivity contribution >= 4 is 6.03 Å². The molecule has 2 rings (SSSR count). The summed E-state index contributed by atoms with van der Waals surface area (Å²) in [7, 11) is 0. The Morgan fingerprint density at radius 2 is 2.21 bits per heavy atom. The van der Waals surface area contributed by atoms with E-state index in [0.29, 0.717) is 19.8 Å². The van der Waals surface area contributed by atoms with E-state index in [1.165, 1.54) is 0 Å². The number of carbonyl (C=O) groups is 1. The summed E-state index contributed by atoms with van der Waals surface area (Å²) >= 11 is 0. The Bertz CT molecular complexity index is 254. The number of ether oxygens (including phenoxy) is 2. The van der Waals surface area contributed by atoms with E-state index in [1.807, 2.05) is 13.8 Å². The standard InChI is InChI=1S/C9H16N2O3/c1-9(2)5-11(8(10)12)6-3-13-4-7(6)14-9/h6-7H,3-5H2,1-2H3,(H2,10,12)/t6-,7-/m1/s1. The Kier molecular flexibility index (Phi) is 2.16. The number of rotatable bonds is 0. The van der Waals surface area contributed by atoms with Crippen molar-refractivity contribution in [3.8, 4) is 0 Å². The highest BCUT2D eigenvalue weighted by atomic mass is 16.6. The molecule has 80 valence electrons. The molecule has 2 aliphatic heterocycles. The fourth-order valence-corrected chi connectivity index (χ4v) is 2.14. The Labute approximate surface area is 83.1 Å². The van der Waals surface area contributed by atoms with Gasteiger partial charge in [0.15, 0.2) is 0 Å². The lowest BCUT2D eigenvalue weighted by atomic mass is 10.0. The van der Waals surface area contributed by atoms with Crippen molar-refractivity contribution in [2.75, 3.05) is 19.8 Å². The van der Waals surface area contributed by atoms with Crippen LogP contribution in [-0.4, -0.2) is 48.4 Å². The van der Waals surface area contributed by atoms with Gasteiger partial charge in [-0.25, -0.2) is 4.79 Å². The van der Waals surface area contributed by atoms with Gasteiger partial charge in [-0.2, -0.15) is 0 Å². The highest BCUT2D eigenvalue weighted by Gasteiger charge is 2.45. The molecule has 2 fully saturated rings. The minimum atomic E-state index is -0.387. The van der Waals surface area contributed by atoms with Crippen LogP contribution in [0.1, 0.15) is 13.8 Å². The summed E-state index contributed by atoms with van der Waals surface area (Å²) in [6, 6.07) is -0.387. The molecule has 5 heteroatoms. The molecule has 0 radical (unpaired) electrons. The average molecular weight is 200 g/mol. The number of morpholine rings is 1. The molecule has 0 aromatic rings. The zero-order chi connectivity index (χ0) is 10.3. The molecule has 0 aromatic heterocycles. The van der Waals surface area contributed by atoms with Crippen LogP contribution >= 0.6 is 0 Å². The number of amides is 2. The second-order valence-electron chi connectivity index (χ2n) is 4.49. The largest absolute Gasteiger partial charge is 0.376 e. The lowest BCUT2D eigenvalue weighted by Crippen LogP contribution is -2.61. The summed E-state index contributed by atoms with van der Waals surface area (Å²) in [5.41, 5.74) is 4.99. The molecule has 2 aliphatic rings. The van der Waals surface area contributed by atoms with Gasteiger partial charge in [0, 0.05) is 0 Å². The van der Waals surface area contributed by atoms with Crippen molar-refractivity contribution < 1.29 is 14.3 Å². The summed E-state index contributed by atoms with van der Waals surface area (Å²) in [6.45, 7) is 5.53. The van der Waals surface area contributed by atoms with Gasteiger partial charge < -0.3 is 20.1 Å². The van der Waals surface area contributed by atoms with E-state index in [1.54, 1.807) is 4.90 Å². The first-order valence-electron chi connectivity index (χ1n) is 4.81. The number of nitrogens with two attached hydrogens (primary N) is 1. The van der Waals surface area contributed by atoms with Gasteiger partial charge in [0.1, 0.15) is 6.10 Å². The topological polar surface area (TPSA) is 64.8 Å². The van der Waals surface area contributed by atoms with Crippen molar-refractivity contribution in [1.82, 2.24) is 4.90 Å². The maximum atomic E-state index is 11.2.